The Morgan fingerprint density at radius 2 is 0.840 bits per heavy atom. The second kappa shape index (κ2) is 55.0. The van der Waals surface area contributed by atoms with Crippen molar-refractivity contribution in [2.24, 2.45) is 0 Å². The van der Waals surface area contributed by atoms with Crippen LogP contribution in [0.3, 0.4) is 0 Å². The third-order valence-corrected chi connectivity index (χ3v) is 14.7. The predicted molar refractivity (Wildman–Crippen MR) is 322 cm³/mol. The van der Waals surface area contributed by atoms with Gasteiger partial charge in [0, 0.05) is 6.42 Å². The van der Waals surface area contributed by atoms with Gasteiger partial charge in [0.1, 0.15) is 19.3 Å². The second-order valence-corrected chi connectivity index (χ2v) is 23.6. The maximum atomic E-state index is 13.0. The van der Waals surface area contributed by atoms with Crippen molar-refractivity contribution in [3.8, 4) is 0 Å². The molecule has 4 atom stereocenters. The molecule has 0 aliphatic rings. The predicted octanol–water partition coefficient (Wildman–Crippen LogP) is 17.5. The number of hydrogen-bond acceptors (Lipinski definition) is 7. The number of nitrogens with one attached hydrogen (secondary N) is 1. The average molecular weight is 1070 g/mol. The number of phosphoric acid groups is 1. The number of phosphoric ester groups is 1. The Kier molecular flexibility index (Phi) is 53.2. The number of hydrogen-bond donors (Lipinski definition) is 3. The largest absolute Gasteiger partial charge is 0.756 e. The van der Waals surface area contributed by atoms with Crippen LogP contribution in [-0.4, -0.2) is 79.8 Å². The van der Waals surface area contributed by atoms with Gasteiger partial charge in [-0.25, -0.2) is 0 Å². The van der Waals surface area contributed by atoms with Gasteiger partial charge in [-0.15, -0.1) is 0 Å². The normalized spacial score (nSPS) is 14.8. The summed E-state index contributed by atoms with van der Waals surface area (Å²) in [4.78, 5) is 25.5. The maximum absolute atomic E-state index is 13.0. The zero-order valence-corrected chi connectivity index (χ0v) is 50.2. The van der Waals surface area contributed by atoms with E-state index in [1.807, 2.05) is 21.1 Å². The zero-order valence-electron chi connectivity index (χ0n) is 49.3. The quantitative estimate of drug-likeness (QED) is 0.0239. The Morgan fingerprint density at radius 3 is 1.24 bits per heavy atom. The summed E-state index contributed by atoms with van der Waals surface area (Å²) in [5.41, 5.74) is 0. The van der Waals surface area contributed by atoms with E-state index in [1.54, 1.807) is 0 Å². The molecule has 0 aromatic rings. The minimum absolute atomic E-state index is 0.0471. The van der Waals surface area contributed by atoms with Gasteiger partial charge in [-0.2, -0.15) is 0 Å². The number of amides is 1. The van der Waals surface area contributed by atoms with E-state index in [0.29, 0.717) is 30.3 Å². The fourth-order valence-corrected chi connectivity index (χ4v) is 9.57. The molecular weight excluding hydrogens is 952 g/mol. The number of likely N-dealkylation sites (N-methyl/N-ethyl adjacent to an activating group) is 1. The molecule has 0 aliphatic heterocycles. The molecule has 0 fully saturated rings. The van der Waals surface area contributed by atoms with Gasteiger partial charge in [-0.05, 0) is 89.9 Å². The molecule has 0 saturated heterocycles. The molecule has 1 amide bonds. The standard InChI is InChI=1S/C65H119N2O7P/c1-6-8-10-12-14-16-18-20-21-22-23-24-25-26-27-28-29-30-31-32-33-34-35-36-37-38-39-40-41-42-43-44-45-46-48-50-52-54-56-58-64(69)66-62(61-74-75(71,72)73-60-59-67(3,4)5)65(70)63(68)57-55-53-51-49-47-19-17-15-13-11-9-7-2/h8,10,14,16,20-21,23-24,26-27,29-30,49,51,62-63,65,68,70H,6-7,9,11-13,15,17-19,22,25,28,31-48,50,52-61H2,1-5H3,(H-,66,69,71,72)/b10-8-,16-14-,21-20-,24-23-,27-26-,30-29-,51-49+. The van der Waals surface area contributed by atoms with Crippen molar-refractivity contribution in [1.82, 2.24) is 5.32 Å². The molecule has 75 heavy (non-hydrogen) atoms. The van der Waals surface area contributed by atoms with Gasteiger partial charge in [0.05, 0.1) is 39.9 Å². The van der Waals surface area contributed by atoms with Crippen LogP contribution >= 0.6 is 7.82 Å². The Balaban J connectivity index is 4.00. The van der Waals surface area contributed by atoms with E-state index in [0.717, 1.165) is 70.6 Å². The monoisotopic (exact) mass is 1070 g/mol. The molecule has 10 heteroatoms. The summed E-state index contributed by atoms with van der Waals surface area (Å²) < 4.78 is 23.3. The SMILES string of the molecule is CC/C=C\C/C=C\C/C=C\C/C=C\C/C=C\C/C=C\CCCCCCCCCCCCCCCCCCCCCCC(=O)NC(COP(=O)([O-])OCC[N+](C)(C)C)C(O)C(O)CCC/C=C/CCCCCCCCC. The van der Waals surface area contributed by atoms with Crippen LogP contribution in [-0.2, 0) is 18.4 Å². The van der Waals surface area contributed by atoms with Crippen LogP contribution in [0.1, 0.15) is 264 Å². The number of aliphatic hydroxyl groups excluding tert-OH is 2. The van der Waals surface area contributed by atoms with E-state index < -0.39 is 32.7 Å². The van der Waals surface area contributed by atoms with Gasteiger partial charge >= 0.3 is 0 Å². The molecule has 0 spiro atoms. The lowest BCUT2D eigenvalue weighted by atomic mass is 10.0. The lowest BCUT2D eigenvalue weighted by molar-refractivity contribution is -0.870. The van der Waals surface area contributed by atoms with E-state index in [9.17, 15) is 24.5 Å². The minimum Gasteiger partial charge on any atom is -0.756 e. The van der Waals surface area contributed by atoms with Gasteiger partial charge in [-0.1, -0.05) is 253 Å². The number of unbranched alkanes of at least 4 members (excludes halogenated alkanes) is 28. The first-order valence-corrected chi connectivity index (χ1v) is 32.5. The molecule has 3 N–H and O–H groups in total. The molecule has 0 aromatic heterocycles. The van der Waals surface area contributed by atoms with Crippen molar-refractivity contribution < 1.29 is 38.0 Å². The summed E-state index contributed by atoms with van der Waals surface area (Å²) in [5.74, 6) is -0.287. The van der Waals surface area contributed by atoms with Crippen molar-refractivity contribution in [3.05, 3.63) is 85.1 Å². The van der Waals surface area contributed by atoms with Crippen LogP contribution in [0.4, 0.5) is 0 Å². The molecule has 436 valence electrons. The first-order chi connectivity index (χ1) is 36.4. The highest BCUT2D eigenvalue weighted by Gasteiger charge is 2.29. The zero-order chi connectivity index (χ0) is 55.0. The highest BCUT2D eigenvalue weighted by Crippen LogP contribution is 2.38. The Bertz CT molecular complexity index is 1510. The lowest BCUT2D eigenvalue weighted by Gasteiger charge is -2.31. The third-order valence-electron chi connectivity index (χ3n) is 13.7. The first-order valence-electron chi connectivity index (χ1n) is 31.0. The summed E-state index contributed by atoms with van der Waals surface area (Å²) in [6, 6.07) is -1.09. The van der Waals surface area contributed by atoms with Crippen LogP contribution in [0.25, 0.3) is 0 Å². The molecule has 4 unspecified atom stereocenters. The fraction of sp³-hybridized carbons (Fsp3) is 0.769. The van der Waals surface area contributed by atoms with Gasteiger partial charge in [0.25, 0.3) is 7.82 Å². The van der Waals surface area contributed by atoms with Crippen LogP contribution in [0.5, 0.6) is 0 Å². The molecule has 0 aromatic carbocycles. The van der Waals surface area contributed by atoms with Gasteiger partial charge in [0.15, 0.2) is 0 Å². The molecule has 9 nitrogen and oxygen atoms in total. The molecule has 0 saturated carbocycles. The Morgan fingerprint density at radius 1 is 0.493 bits per heavy atom. The number of quaternary nitrogens is 1. The molecular formula is C65H119N2O7P. The van der Waals surface area contributed by atoms with Crippen LogP contribution in [0.15, 0.2) is 85.1 Å². The first kappa shape index (κ1) is 72.6. The van der Waals surface area contributed by atoms with Crippen LogP contribution < -0.4 is 10.2 Å². The maximum Gasteiger partial charge on any atom is 0.268 e. The van der Waals surface area contributed by atoms with Crippen LogP contribution in [0, 0.1) is 0 Å². The van der Waals surface area contributed by atoms with E-state index in [-0.39, 0.29) is 18.9 Å². The molecule has 0 heterocycles. The summed E-state index contributed by atoms with van der Waals surface area (Å²) >= 11 is 0. The molecule has 0 bridgehead atoms. The second-order valence-electron chi connectivity index (χ2n) is 22.2. The number of allylic oxidation sites excluding steroid dienone is 14. The minimum atomic E-state index is -4.68. The topological polar surface area (TPSA) is 128 Å². The third kappa shape index (κ3) is 56.2. The highest BCUT2D eigenvalue weighted by atomic mass is 31.2. The number of rotatable bonds is 56. The Labute approximate surface area is 463 Å². The molecule has 0 radical (unpaired) electrons. The molecule has 0 rings (SSSR count). The number of carbonyl (C=O) groups is 1. The number of aliphatic hydroxyl groups is 2. The van der Waals surface area contributed by atoms with Crippen molar-refractivity contribution in [2.75, 3.05) is 40.9 Å². The van der Waals surface area contributed by atoms with Crippen molar-refractivity contribution >= 4 is 13.7 Å². The highest BCUT2D eigenvalue weighted by molar-refractivity contribution is 7.45. The number of nitrogens with zero attached hydrogens (tertiary/aromatic N) is 1. The fourth-order valence-electron chi connectivity index (χ4n) is 8.85. The Hall–Kier alpha value is -2.36. The summed E-state index contributed by atoms with van der Waals surface area (Å²) in [6.07, 6.45) is 73.9. The number of carbonyl (C=O) groups excluding carboxylic acids is 1. The van der Waals surface area contributed by atoms with Gasteiger partial charge in [-0.3, -0.25) is 9.36 Å². The van der Waals surface area contributed by atoms with Gasteiger partial charge < -0.3 is 34.0 Å². The van der Waals surface area contributed by atoms with Crippen molar-refractivity contribution in [3.63, 3.8) is 0 Å². The van der Waals surface area contributed by atoms with E-state index in [1.165, 1.54) is 154 Å². The van der Waals surface area contributed by atoms with Crippen LogP contribution in [0.2, 0.25) is 0 Å². The smallest absolute Gasteiger partial charge is 0.268 e. The average Bonchev–Trinajstić information content (AvgIpc) is 3.37. The van der Waals surface area contributed by atoms with E-state index >= 15 is 0 Å². The summed E-state index contributed by atoms with van der Waals surface area (Å²) in [6.45, 7) is 4.30. The summed E-state index contributed by atoms with van der Waals surface area (Å²) in [7, 11) is 1.11. The van der Waals surface area contributed by atoms with Gasteiger partial charge in [0.2, 0.25) is 5.91 Å². The summed E-state index contributed by atoms with van der Waals surface area (Å²) in [5, 5.41) is 24.7. The lowest BCUT2D eigenvalue weighted by Crippen LogP contribution is -2.51. The van der Waals surface area contributed by atoms with Crippen molar-refractivity contribution in [1.29, 1.82) is 0 Å². The van der Waals surface area contributed by atoms with E-state index in [2.05, 4.69) is 104 Å². The molecule has 0 aliphatic carbocycles. The van der Waals surface area contributed by atoms with E-state index in [4.69, 9.17) is 9.05 Å². The van der Waals surface area contributed by atoms with Crippen molar-refractivity contribution in [2.45, 2.75) is 283 Å².